The van der Waals surface area contributed by atoms with E-state index in [2.05, 4.69) is 9.97 Å². The molecule has 0 spiro atoms. The van der Waals surface area contributed by atoms with Crippen LogP contribution in [-0.4, -0.2) is 56.7 Å². The van der Waals surface area contributed by atoms with Crippen LogP contribution in [0.1, 0.15) is 54.2 Å². The molecule has 1 aliphatic rings. The number of halogens is 3. The van der Waals surface area contributed by atoms with Gasteiger partial charge in [0.2, 0.25) is 5.89 Å². The van der Waals surface area contributed by atoms with E-state index in [-0.39, 0.29) is 59.5 Å². The second-order valence-corrected chi connectivity index (χ2v) is 9.28. The van der Waals surface area contributed by atoms with Gasteiger partial charge in [0.25, 0.3) is 5.91 Å². The lowest BCUT2D eigenvalue weighted by Gasteiger charge is -2.37. The number of aromatic nitrogens is 2. The van der Waals surface area contributed by atoms with Crippen LogP contribution in [0.2, 0.25) is 0 Å². The van der Waals surface area contributed by atoms with Crippen LogP contribution >= 0.6 is 12.2 Å². The molecule has 0 bridgehead atoms. The second kappa shape index (κ2) is 9.88. The number of carbonyl (C=O) groups is 1. The third-order valence-corrected chi connectivity index (χ3v) is 6.91. The maximum absolute atomic E-state index is 13.4. The molecule has 1 atom stereocenters. The Labute approximate surface area is 215 Å². The van der Waals surface area contributed by atoms with Crippen LogP contribution in [0.3, 0.4) is 0 Å². The second-order valence-electron chi connectivity index (χ2n) is 8.84. The van der Waals surface area contributed by atoms with Gasteiger partial charge in [0.1, 0.15) is 27.5 Å². The predicted octanol–water partition coefficient (Wildman–Crippen LogP) is 3.58. The first-order valence-electron chi connectivity index (χ1n) is 11.5. The summed E-state index contributed by atoms with van der Waals surface area (Å²) in [5.74, 6) is -0.152. The minimum atomic E-state index is -4.65. The topological polar surface area (TPSA) is 141 Å². The van der Waals surface area contributed by atoms with Crippen molar-refractivity contribution in [2.75, 3.05) is 20.2 Å². The smallest absolute Gasteiger partial charge is 0.433 e. The number of likely N-dealkylation sites (tertiary alicyclic amines) is 1. The van der Waals surface area contributed by atoms with Crippen LogP contribution < -0.4 is 16.2 Å². The summed E-state index contributed by atoms with van der Waals surface area (Å²) in [4.78, 5) is 23.1. The van der Waals surface area contributed by atoms with Crippen molar-refractivity contribution in [3.8, 4) is 17.2 Å². The third kappa shape index (κ3) is 4.98. The Morgan fingerprint density at radius 2 is 1.95 bits per heavy atom. The number of alkyl halides is 3. The molecular formula is C24H26F3N5O4S. The van der Waals surface area contributed by atoms with Crippen molar-refractivity contribution in [1.82, 2.24) is 14.9 Å². The van der Waals surface area contributed by atoms with Gasteiger partial charge in [0, 0.05) is 36.9 Å². The molecule has 1 amide bonds. The minimum Gasteiger partial charge on any atom is -0.494 e. The fourth-order valence-corrected chi connectivity index (χ4v) is 4.42. The normalized spacial score (nSPS) is 16.6. The number of nitrogens with zero attached hydrogens (tertiary/aromatic N) is 3. The lowest BCUT2D eigenvalue weighted by Crippen LogP contribution is -2.52. The molecule has 1 aliphatic heterocycles. The number of carbonyl (C=O) groups excluding carboxylic acids is 1. The van der Waals surface area contributed by atoms with Crippen LogP contribution in [0.25, 0.3) is 22.4 Å². The van der Waals surface area contributed by atoms with Crippen molar-refractivity contribution in [3.05, 3.63) is 41.4 Å². The number of nitrogens with two attached hydrogens (primary N) is 2. The summed E-state index contributed by atoms with van der Waals surface area (Å²) in [6, 6.07) is 4.49. The number of oxazole rings is 1. The third-order valence-electron chi connectivity index (χ3n) is 6.53. The zero-order valence-corrected chi connectivity index (χ0v) is 20.9. The predicted molar refractivity (Wildman–Crippen MR) is 133 cm³/mol. The molecule has 2 aromatic heterocycles. The zero-order valence-electron chi connectivity index (χ0n) is 20.1. The van der Waals surface area contributed by atoms with Gasteiger partial charge in [-0.2, -0.15) is 13.2 Å². The molecule has 4 rings (SSSR count). The average molecular weight is 538 g/mol. The van der Waals surface area contributed by atoms with E-state index in [4.69, 9.17) is 32.8 Å². The molecule has 0 unspecified atom stereocenters. The summed E-state index contributed by atoms with van der Waals surface area (Å²) in [5.41, 5.74) is 9.75. The van der Waals surface area contributed by atoms with Crippen LogP contribution in [0.5, 0.6) is 5.75 Å². The summed E-state index contributed by atoms with van der Waals surface area (Å²) in [6.07, 6.45) is -3.86. The fraction of sp³-hybridized carbons (Fsp3) is 0.417. The maximum atomic E-state index is 13.4. The number of hydrogen-bond donors (Lipinski definition) is 3. The van der Waals surface area contributed by atoms with Gasteiger partial charge in [0.15, 0.2) is 11.5 Å². The molecule has 0 aliphatic carbocycles. The van der Waals surface area contributed by atoms with Crippen LogP contribution in [0.15, 0.2) is 28.7 Å². The highest BCUT2D eigenvalue weighted by molar-refractivity contribution is 7.80. The van der Waals surface area contributed by atoms with Crippen molar-refractivity contribution in [2.45, 2.75) is 44.0 Å². The highest BCUT2D eigenvalue weighted by atomic mass is 32.1. The molecule has 9 nitrogen and oxygen atoms in total. The summed E-state index contributed by atoms with van der Waals surface area (Å²) < 4.78 is 51.1. The summed E-state index contributed by atoms with van der Waals surface area (Å²) in [6.45, 7) is 2.19. The molecule has 13 heteroatoms. The zero-order chi connectivity index (χ0) is 27.1. The van der Waals surface area contributed by atoms with Gasteiger partial charge in [-0.25, -0.2) is 9.97 Å². The number of pyridine rings is 1. The summed E-state index contributed by atoms with van der Waals surface area (Å²) in [5, 5.41) is 10.8. The fourth-order valence-electron chi connectivity index (χ4n) is 4.21. The van der Waals surface area contributed by atoms with E-state index in [1.54, 1.807) is 6.07 Å². The molecule has 37 heavy (non-hydrogen) atoms. The monoisotopic (exact) mass is 537 g/mol. The van der Waals surface area contributed by atoms with E-state index in [1.807, 2.05) is 6.92 Å². The molecule has 5 N–H and O–H groups in total. The molecule has 3 heterocycles. The number of thiocarbonyl (C=S) groups is 1. The Balaban J connectivity index is 1.77. The molecule has 198 valence electrons. The Morgan fingerprint density at radius 3 is 2.51 bits per heavy atom. The minimum absolute atomic E-state index is 0.00560. The first-order valence-corrected chi connectivity index (χ1v) is 11.9. The lowest BCUT2D eigenvalue weighted by molar-refractivity contribution is -0.140. The Kier molecular flexibility index (Phi) is 7.14. The molecular weight excluding hydrogens is 511 g/mol. The number of piperidine rings is 1. The highest BCUT2D eigenvalue weighted by Gasteiger charge is 2.38. The van der Waals surface area contributed by atoms with Gasteiger partial charge in [0.05, 0.1) is 13.2 Å². The average Bonchev–Trinajstić information content (AvgIpc) is 3.32. The van der Waals surface area contributed by atoms with E-state index in [1.165, 1.54) is 24.1 Å². The number of ether oxygens (including phenoxy) is 1. The Hall–Kier alpha value is -3.29. The van der Waals surface area contributed by atoms with Crippen LogP contribution in [0.4, 0.5) is 13.2 Å². The van der Waals surface area contributed by atoms with E-state index in [0.29, 0.717) is 17.4 Å². The molecule has 1 fully saturated rings. The lowest BCUT2D eigenvalue weighted by atomic mass is 9.91. The van der Waals surface area contributed by atoms with Crippen molar-refractivity contribution in [2.24, 2.45) is 11.5 Å². The number of methoxy groups -OCH3 is 1. The largest absolute Gasteiger partial charge is 0.494 e. The van der Waals surface area contributed by atoms with Crippen molar-refractivity contribution in [3.63, 3.8) is 0 Å². The first kappa shape index (κ1) is 26.8. The van der Waals surface area contributed by atoms with Gasteiger partial charge in [-0.15, -0.1) is 0 Å². The van der Waals surface area contributed by atoms with Crippen molar-refractivity contribution in [1.29, 1.82) is 0 Å². The number of aliphatic hydroxyl groups is 1. The number of benzene rings is 1. The van der Waals surface area contributed by atoms with E-state index in [0.717, 1.165) is 6.07 Å². The van der Waals surface area contributed by atoms with Crippen molar-refractivity contribution < 1.29 is 32.2 Å². The van der Waals surface area contributed by atoms with Gasteiger partial charge in [-0.05, 0) is 30.7 Å². The molecule has 1 saturated heterocycles. The molecule has 0 saturated carbocycles. The standard InChI is InChI=1S/C24H26F3N5O4S/c1-3-14(28)19-18(21(33)32-10-8-23(34,9-11-32)22(29)37)31-20(36-19)13-4-6-15(35-2)17-12(13)5-7-16(30-17)24(25,26)27/h4-7,14,34H,3,8-11,28H2,1-2H3,(H2,29,37)/t14-/m0/s1. The summed E-state index contributed by atoms with van der Waals surface area (Å²) in [7, 11) is 1.33. The van der Waals surface area contributed by atoms with Crippen LogP contribution in [0, 0.1) is 0 Å². The Morgan fingerprint density at radius 1 is 1.27 bits per heavy atom. The number of amides is 1. The van der Waals surface area contributed by atoms with Gasteiger partial charge < -0.3 is 30.6 Å². The Bertz CT molecular complexity index is 1350. The SMILES string of the molecule is CC[C@H](N)c1oc(-c2ccc(OC)c3nc(C(F)(F)F)ccc23)nc1C(=O)N1CCC(O)(C(N)=S)CC1. The summed E-state index contributed by atoms with van der Waals surface area (Å²) >= 11 is 4.94. The van der Waals surface area contributed by atoms with E-state index in [9.17, 15) is 23.1 Å². The molecule has 3 aromatic rings. The first-order chi connectivity index (χ1) is 17.4. The van der Waals surface area contributed by atoms with Gasteiger partial charge in [-0.3, -0.25) is 4.79 Å². The quantitative estimate of drug-likeness (QED) is 0.402. The number of hydrogen-bond acceptors (Lipinski definition) is 8. The van der Waals surface area contributed by atoms with Crippen LogP contribution in [-0.2, 0) is 6.18 Å². The van der Waals surface area contributed by atoms with E-state index >= 15 is 0 Å². The number of rotatable bonds is 6. The molecule has 1 aromatic carbocycles. The van der Waals surface area contributed by atoms with Gasteiger partial charge in [-0.1, -0.05) is 19.1 Å². The highest BCUT2D eigenvalue weighted by Crippen LogP contribution is 2.38. The van der Waals surface area contributed by atoms with Gasteiger partial charge >= 0.3 is 6.18 Å². The maximum Gasteiger partial charge on any atom is 0.433 e. The van der Waals surface area contributed by atoms with Crippen molar-refractivity contribution >= 4 is 34.0 Å². The van der Waals surface area contributed by atoms with E-state index < -0.39 is 29.4 Å². The number of fused-ring (bicyclic) bond motifs is 1. The molecule has 0 radical (unpaired) electrons.